The Morgan fingerprint density at radius 2 is 1.90 bits per heavy atom. The topological polar surface area (TPSA) is 21.3 Å². The second-order valence-corrected chi connectivity index (χ2v) is 4.97. The molecule has 2 aromatic carbocycles. The number of hydrogen-bond acceptors (Lipinski definition) is 2. The molecule has 1 atom stereocenters. The highest BCUT2D eigenvalue weighted by Crippen LogP contribution is 2.23. The van der Waals surface area contributed by atoms with Crippen LogP contribution in [-0.2, 0) is 6.42 Å². The van der Waals surface area contributed by atoms with Crippen molar-refractivity contribution in [3.8, 4) is 5.75 Å². The number of benzene rings is 2. The maximum absolute atomic E-state index is 13.5. The smallest absolute Gasteiger partial charge is 0.142 e. The summed E-state index contributed by atoms with van der Waals surface area (Å²) in [5.74, 6) is 0.440. The molecule has 2 aromatic rings. The number of hydrogen-bond donors (Lipinski definition) is 1. The highest BCUT2D eigenvalue weighted by atomic mass is 35.5. The zero-order valence-electron chi connectivity index (χ0n) is 11.5. The lowest BCUT2D eigenvalue weighted by Gasteiger charge is -2.17. The first-order valence-electron chi connectivity index (χ1n) is 6.39. The number of likely N-dealkylation sites (N-methyl/N-ethyl adjacent to an activating group) is 1. The molecule has 0 radical (unpaired) electrons. The summed E-state index contributed by atoms with van der Waals surface area (Å²) >= 11 is 5.70. The molecule has 0 fully saturated rings. The van der Waals surface area contributed by atoms with Crippen LogP contribution in [-0.4, -0.2) is 14.2 Å². The van der Waals surface area contributed by atoms with Crippen LogP contribution in [0.4, 0.5) is 4.39 Å². The first-order valence-corrected chi connectivity index (χ1v) is 6.77. The molecule has 0 aliphatic carbocycles. The minimum absolute atomic E-state index is 0.112. The summed E-state index contributed by atoms with van der Waals surface area (Å²) in [7, 11) is 3.53. The van der Waals surface area contributed by atoms with Crippen molar-refractivity contribution >= 4 is 11.6 Å². The molecule has 20 heavy (non-hydrogen) atoms. The minimum atomic E-state index is -0.381. The van der Waals surface area contributed by atoms with E-state index in [0.717, 1.165) is 16.9 Å². The van der Waals surface area contributed by atoms with Gasteiger partial charge in [-0.25, -0.2) is 4.39 Å². The predicted octanol–water partition coefficient (Wildman–Crippen LogP) is 3.99. The van der Waals surface area contributed by atoms with Crippen molar-refractivity contribution < 1.29 is 9.13 Å². The Hall–Kier alpha value is -1.58. The third-order valence-corrected chi connectivity index (χ3v) is 3.60. The highest BCUT2D eigenvalue weighted by molar-refractivity contribution is 6.30. The number of halogens is 2. The molecule has 0 spiro atoms. The SMILES string of the molecule is CNC(Cc1ccc(Cl)c(F)c1)c1ccc(OC)cc1. The highest BCUT2D eigenvalue weighted by Gasteiger charge is 2.11. The number of ether oxygens (including phenoxy) is 1. The Morgan fingerprint density at radius 1 is 1.20 bits per heavy atom. The van der Waals surface area contributed by atoms with Gasteiger partial charge in [0, 0.05) is 6.04 Å². The normalized spacial score (nSPS) is 12.2. The van der Waals surface area contributed by atoms with E-state index in [2.05, 4.69) is 5.32 Å². The van der Waals surface area contributed by atoms with Gasteiger partial charge in [-0.05, 0) is 48.9 Å². The van der Waals surface area contributed by atoms with Crippen molar-refractivity contribution in [1.82, 2.24) is 5.32 Å². The van der Waals surface area contributed by atoms with Crippen LogP contribution in [0.15, 0.2) is 42.5 Å². The lowest BCUT2D eigenvalue weighted by atomic mass is 9.99. The quantitative estimate of drug-likeness (QED) is 0.900. The monoisotopic (exact) mass is 293 g/mol. The number of rotatable bonds is 5. The molecule has 1 N–H and O–H groups in total. The summed E-state index contributed by atoms with van der Waals surface area (Å²) in [5.41, 5.74) is 2.03. The third kappa shape index (κ3) is 3.50. The first-order chi connectivity index (χ1) is 9.63. The molecule has 0 heterocycles. The van der Waals surface area contributed by atoms with Crippen LogP contribution >= 0.6 is 11.6 Å². The van der Waals surface area contributed by atoms with Gasteiger partial charge >= 0.3 is 0 Å². The van der Waals surface area contributed by atoms with Gasteiger partial charge in [0.25, 0.3) is 0 Å². The van der Waals surface area contributed by atoms with Crippen LogP contribution in [0.3, 0.4) is 0 Å². The van der Waals surface area contributed by atoms with E-state index in [1.807, 2.05) is 37.4 Å². The van der Waals surface area contributed by atoms with E-state index in [-0.39, 0.29) is 16.9 Å². The van der Waals surface area contributed by atoms with Gasteiger partial charge in [-0.1, -0.05) is 29.8 Å². The Bertz CT molecular complexity index is 571. The second kappa shape index (κ2) is 6.73. The molecule has 2 rings (SSSR count). The average Bonchev–Trinajstić information content (AvgIpc) is 2.48. The lowest BCUT2D eigenvalue weighted by Crippen LogP contribution is -2.18. The molecule has 0 aliphatic rings. The van der Waals surface area contributed by atoms with Gasteiger partial charge in [-0.3, -0.25) is 0 Å². The number of nitrogens with one attached hydrogen (secondary N) is 1. The van der Waals surface area contributed by atoms with Crippen molar-refractivity contribution in [2.45, 2.75) is 12.5 Å². The van der Waals surface area contributed by atoms with E-state index in [9.17, 15) is 4.39 Å². The lowest BCUT2D eigenvalue weighted by molar-refractivity contribution is 0.414. The van der Waals surface area contributed by atoms with Gasteiger partial charge in [0.2, 0.25) is 0 Å². The van der Waals surface area contributed by atoms with Crippen LogP contribution in [0.2, 0.25) is 5.02 Å². The fourth-order valence-corrected chi connectivity index (χ4v) is 2.24. The summed E-state index contributed by atoms with van der Waals surface area (Å²) in [5, 5.41) is 3.39. The van der Waals surface area contributed by atoms with Gasteiger partial charge in [0.05, 0.1) is 12.1 Å². The fourth-order valence-electron chi connectivity index (χ4n) is 2.13. The van der Waals surface area contributed by atoms with Crippen molar-refractivity contribution in [3.63, 3.8) is 0 Å². The van der Waals surface area contributed by atoms with Crippen molar-refractivity contribution in [3.05, 3.63) is 64.4 Å². The molecule has 2 nitrogen and oxygen atoms in total. The second-order valence-electron chi connectivity index (χ2n) is 4.57. The van der Waals surface area contributed by atoms with Gasteiger partial charge in [-0.2, -0.15) is 0 Å². The maximum Gasteiger partial charge on any atom is 0.142 e. The summed E-state index contributed by atoms with van der Waals surface area (Å²) in [6, 6.07) is 12.9. The summed E-state index contributed by atoms with van der Waals surface area (Å²) < 4.78 is 18.6. The average molecular weight is 294 g/mol. The van der Waals surface area contributed by atoms with Gasteiger partial charge in [0.15, 0.2) is 0 Å². The van der Waals surface area contributed by atoms with E-state index in [0.29, 0.717) is 6.42 Å². The molecule has 0 amide bonds. The first kappa shape index (κ1) is 14.8. The van der Waals surface area contributed by atoms with Gasteiger partial charge in [-0.15, -0.1) is 0 Å². The van der Waals surface area contributed by atoms with E-state index < -0.39 is 0 Å². The molecule has 0 bridgehead atoms. The third-order valence-electron chi connectivity index (χ3n) is 3.29. The standard InChI is InChI=1S/C16H17ClFNO/c1-19-16(12-4-6-13(20-2)7-5-12)10-11-3-8-14(17)15(18)9-11/h3-9,16,19H,10H2,1-2H3. The van der Waals surface area contributed by atoms with Gasteiger partial charge < -0.3 is 10.1 Å². The van der Waals surface area contributed by atoms with Crippen LogP contribution < -0.4 is 10.1 Å². The van der Waals surface area contributed by atoms with Crippen molar-refractivity contribution in [2.75, 3.05) is 14.2 Å². The van der Waals surface area contributed by atoms with Crippen molar-refractivity contribution in [1.29, 1.82) is 0 Å². The predicted molar refractivity (Wildman–Crippen MR) is 79.9 cm³/mol. The minimum Gasteiger partial charge on any atom is -0.497 e. The fraction of sp³-hybridized carbons (Fsp3) is 0.250. The Kier molecular flexibility index (Phi) is 4.99. The van der Waals surface area contributed by atoms with E-state index in [4.69, 9.17) is 16.3 Å². The maximum atomic E-state index is 13.5. The van der Waals surface area contributed by atoms with E-state index in [1.54, 1.807) is 13.2 Å². The van der Waals surface area contributed by atoms with E-state index >= 15 is 0 Å². The van der Waals surface area contributed by atoms with Crippen LogP contribution in [0.25, 0.3) is 0 Å². The summed E-state index contributed by atoms with van der Waals surface area (Å²) in [6.07, 6.45) is 0.691. The molecular formula is C16H17ClFNO. The van der Waals surface area contributed by atoms with Crippen molar-refractivity contribution in [2.24, 2.45) is 0 Å². The molecule has 0 aliphatic heterocycles. The molecule has 0 saturated carbocycles. The Labute approximate surface area is 123 Å². The van der Waals surface area contributed by atoms with E-state index in [1.165, 1.54) is 6.07 Å². The molecule has 0 aromatic heterocycles. The van der Waals surface area contributed by atoms with Crippen LogP contribution in [0, 0.1) is 5.82 Å². The van der Waals surface area contributed by atoms with Gasteiger partial charge in [0.1, 0.15) is 11.6 Å². The van der Waals surface area contributed by atoms with Crippen LogP contribution in [0.5, 0.6) is 5.75 Å². The Balaban J connectivity index is 2.16. The summed E-state index contributed by atoms with van der Waals surface area (Å²) in [6.45, 7) is 0. The largest absolute Gasteiger partial charge is 0.497 e. The zero-order chi connectivity index (χ0) is 14.5. The molecule has 0 saturated heterocycles. The number of methoxy groups -OCH3 is 1. The molecule has 1 unspecified atom stereocenters. The summed E-state index contributed by atoms with van der Waals surface area (Å²) in [4.78, 5) is 0. The van der Waals surface area contributed by atoms with Crippen LogP contribution in [0.1, 0.15) is 17.2 Å². The zero-order valence-corrected chi connectivity index (χ0v) is 12.2. The Morgan fingerprint density at radius 3 is 2.45 bits per heavy atom. The molecule has 106 valence electrons. The molecule has 4 heteroatoms. The molecular weight excluding hydrogens is 277 g/mol.